The molecule has 0 spiro atoms. The fourth-order valence-corrected chi connectivity index (χ4v) is 5.16. The minimum absolute atomic E-state index is 0.239. The second-order valence-electron chi connectivity index (χ2n) is 8.94. The van der Waals surface area contributed by atoms with E-state index >= 15 is 0 Å². The predicted molar refractivity (Wildman–Crippen MR) is 136 cm³/mol. The predicted octanol–water partition coefficient (Wildman–Crippen LogP) is 5.71. The highest BCUT2D eigenvalue weighted by Crippen LogP contribution is 2.48. The standard InChI is InChI=1S/C30H24N2O3/c1-20-11-8-9-18-25(20)27-26-28(35-32(27)23-15-6-3-7-16-23)30(34)31(29(26)33)24-17-10-14-22(19-24)21-12-4-2-5-13-21/h2-19,26-28H,1H3/t26-,27+,28+/m1/s1. The summed E-state index contributed by atoms with van der Waals surface area (Å²) in [5, 5.41) is 1.74. The van der Waals surface area contributed by atoms with Crippen LogP contribution in [-0.2, 0) is 14.4 Å². The van der Waals surface area contributed by atoms with E-state index in [0.717, 1.165) is 27.9 Å². The Kier molecular flexibility index (Phi) is 5.20. The number of carbonyl (C=O) groups excluding carboxylic acids is 2. The van der Waals surface area contributed by atoms with E-state index in [9.17, 15) is 9.59 Å². The van der Waals surface area contributed by atoms with Crippen LogP contribution < -0.4 is 9.96 Å². The van der Waals surface area contributed by atoms with Gasteiger partial charge < -0.3 is 0 Å². The number of hydroxylamine groups is 1. The van der Waals surface area contributed by atoms with Gasteiger partial charge in [-0.05, 0) is 53.4 Å². The third-order valence-corrected chi connectivity index (χ3v) is 6.84. The molecule has 0 unspecified atom stereocenters. The monoisotopic (exact) mass is 460 g/mol. The van der Waals surface area contributed by atoms with Gasteiger partial charge in [-0.2, -0.15) is 0 Å². The largest absolute Gasteiger partial charge is 0.273 e. The van der Waals surface area contributed by atoms with Crippen LogP contribution in [-0.4, -0.2) is 17.9 Å². The Morgan fingerprint density at radius 1 is 0.657 bits per heavy atom. The van der Waals surface area contributed by atoms with Crippen LogP contribution in [0.3, 0.4) is 0 Å². The van der Waals surface area contributed by atoms with Crippen LogP contribution in [0.15, 0.2) is 109 Å². The molecule has 4 aromatic rings. The number of aryl methyl sites for hydroxylation is 1. The Bertz CT molecular complexity index is 1400. The molecule has 2 amide bonds. The van der Waals surface area contributed by atoms with E-state index in [0.29, 0.717) is 5.69 Å². The number of carbonyl (C=O) groups is 2. The molecule has 2 aliphatic rings. The fourth-order valence-electron chi connectivity index (χ4n) is 5.16. The first-order chi connectivity index (χ1) is 17.1. The van der Waals surface area contributed by atoms with Gasteiger partial charge in [0.05, 0.1) is 17.4 Å². The van der Waals surface area contributed by atoms with Gasteiger partial charge in [-0.25, -0.2) is 9.96 Å². The van der Waals surface area contributed by atoms with E-state index in [2.05, 4.69) is 0 Å². The highest BCUT2D eigenvalue weighted by Gasteiger charge is 2.60. The van der Waals surface area contributed by atoms with E-state index in [1.54, 1.807) is 11.1 Å². The van der Waals surface area contributed by atoms with Crippen LogP contribution in [0.5, 0.6) is 0 Å². The molecule has 172 valence electrons. The molecule has 35 heavy (non-hydrogen) atoms. The lowest BCUT2D eigenvalue weighted by atomic mass is 9.88. The van der Waals surface area contributed by atoms with E-state index in [-0.39, 0.29) is 11.8 Å². The zero-order valence-electron chi connectivity index (χ0n) is 19.2. The van der Waals surface area contributed by atoms with E-state index in [1.165, 1.54) is 4.90 Å². The summed E-state index contributed by atoms with van der Waals surface area (Å²) in [5.74, 6) is -1.22. The van der Waals surface area contributed by atoms with Crippen molar-refractivity contribution in [3.63, 3.8) is 0 Å². The average molecular weight is 461 g/mol. The molecule has 3 atom stereocenters. The smallest absolute Gasteiger partial charge is 0.266 e. The topological polar surface area (TPSA) is 49.9 Å². The number of imide groups is 1. The van der Waals surface area contributed by atoms with E-state index < -0.39 is 18.1 Å². The Balaban J connectivity index is 1.41. The van der Waals surface area contributed by atoms with Crippen LogP contribution in [0.1, 0.15) is 17.2 Å². The summed E-state index contributed by atoms with van der Waals surface area (Å²) < 4.78 is 0. The molecule has 0 N–H and O–H groups in total. The lowest BCUT2D eigenvalue weighted by Crippen LogP contribution is -2.37. The van der Waals surface area contributed by atoms with Crippen molar-refractivity contribution in [3.8, 4) is 11.1 Å². The van der Waals surface area contributed by atoms with Crippen molar-refractivity contribution in [2.45, 2.75) is 19.1 Å². The zero-order valence-corrected chi connectivity index (χ0v) is 19.2. The van der Waals surface area contributed by atoms with Gasteiger partial charge in [0.1, 0.15) is 5.92 Å². The van der Waals surface area contributed by atoms with Crippen LogP contribution in [0.2, 0.25) is 0 Å². The van der Waals surface area contributed by atoms with Gasteiger partial charge in [-0.15, -0.1) is 0 Å². The van der Waals surface area contributed by atoms with Crippen molar-refractivity contribution in [1.82, 2.24) is 0 Å². The second-order valence-corrected chi connectivity index (χ2v) is 8.94. The molecule has 2 heterocycles. The molecule has 0 aromatic heterocycles. The molecule has 6 rings (SSSR count). The van der Waals surface area contributed by atoms with Crippen LogP contribution >= 0.6 is 0 Å². The first-order valence-electron chi connectivity index (χ1n) is 11.7. The Morgan fingerprint density at radius 3 is 2.03 bits per heavy atom. The summed E-state index contributed by atoms with van der Waals surface area (Å²) in [5.41, 5.74) is 5.38. The van der Waals surface area contributed by atoms with Gasteiger partial charge in [0, 0.05) is 0 Å². The number of amides is 2. The van der Waals surface area contributed by atoms with Crippen molar-refractivity contribution < 1.29 is 14.4 Å². The number of fused-ring (bicyclic) bond motifs is 1. The Labute approximate surface area is 204 Å². The van der Waals surface area contributed by atoms with Gasteiger partial charge in [-0.1, -0.05) is 84.9 Å². The molecule has 0 aliphatic carbocycles. The Morgan fingerprint density at radius 2 is 1.29 bits per heavy atom. The molecule has 0 bridgehead atoms. The lowest BCUT2D eigenvalue weighted by molar-refractivity contribution is -0.126. The van der Waals surface area contributed by atoms with Crippen molar-refractivity contribution in [2.75, 3.05) is 9.96 Å². The molecule has 2 aliphatic heterocycles. The van der Waals surface area contributed by atoms with Crippen LogP contribution in [0, 0.1) is 12.8 Å². The van der Waals surface area contributed by atoms with Gasteiger partial charge in [0.25, 0.3) is 5.91 Å². The summed E-state index contributed by atoms with van der Waals surface area (Å²) >= 11 is 0. The first-order valence-corrected chi connectivity index (χ1v) is 11.7. The van der Waals surface area contributed by atoms with Gasteiger partial charge in [0.2, 0.25) is 5.91 Å². The maximum absolute atomic E-state index is 13.9. The van der Waals surface area contributed by atoms with E-state index in [4.69, 9.17) is 4.84 Å². The number of rotatable bonds is 4. The minimum Gasteiger partial charge on any atom is -0.273 e. The molecule has 0 radical (unpaired) electrons. The SMILES string of the molecule is Cc1ccccc1[C@H]1[C@H]2C(=O)N(c3cccc(-c4ccccc4)c3)C(=O)[C@H]2ON1c1ccccc1. The molecule has 2 fully saturated rings. The summed E-state index contributed by atoms with van der Waals surface area (Å²) in [6.45, 7) is 2.02. The highest BCUT2D eigenvalue weighted by molar-refractivity contribution is 6.24. The average Bonchev–Trinajstić information content (AvgIpc) is 3.41. The molecule has 4 aromatic carbocycles. The van der Waals surface area contributed by atoms with Crippen molar-refractivity contribution in [2.24, 2.45) is 5.92 Å². The van der Waals surface area contributed by atoms with Crippen LogP contribution in [0.4, 0.5) is 11.4 Å². The molecule has 5 nitrogen and oxygen atoms in total. The summed E-state index contributed by atoms with van der Waals surface area (Å²) in [7, 11) is 0. The Hall–Kier alpha value is -4.22. The number of hydrogen-bond acceptors (Lipinski definition) is 4. The molecule has 2 saturated heterocycles. The minimum atomic E-state index is -0.882. The van der Waals surface area contributed by atoms with Crippen molar-refractivity contribution in [1.29, 1.82) is 0 Å². The molecule has 0 saturated carbocycles. The van der Waals surface area contributed by atoms with E-state index in [1.807, 2.05) is 110 Å². The van der Waals surface area contributed by atoms with Gasteiger partial charge >= 0.3 is 0 Å². The first kappa shape index (κ1) is 21.3. The number of hydrogen-bond donors (Lipinski definition) is 0. The van der Waals surface area contributed by atoms with Crippen LogP contribution in [0.25, 0.3) is 11.1 Å². The highest BCUT2D eigenvalue weighted by atomic mass is 16.7. The molecule has 5 heteroatoms. The molecular weight excluding hydrogens is 436 g/mol. The fraction of sp³-hybridized carbons (Fsp3) is 0.133. The van der Waals surface area contributed by atoms with Crippen molar-refractivity contribution >= 4 is 23.2 Å². The zero-order chi connectivity index (χ0) is 23.9. The summed E-state index contributed by atoms with van der Waals surface area (Å²) in [6.07, 6.45) is -0.882. The van der Waals surface area contributed by atoms with Crippen molar-refractivity contribution in [3.05, 3.63) is 120 Å². The summed E-state index contributed by atoms with van der Waals surface area (Å²) in [4.78, 5) is 35.1. The van der Waals surface area contributed by atoms with Gasteiger partial charge in [0.15, 0.2) is 6.10 Å². The number of para-hydroxylation sites is 1. The third-order valence-electron chi connectivity index (χ3n) is 6.84. The third kappa shape index (κ3) is 3.52. The lowest BCUT2D eigenvalue weighted by Gasteiger charge is -2.29. The quantitative estimate of drug-likeness (QED) is 0.366. The van der Waals surface area contributed by atoms with Gasteiger partial charge in [-0.3, -0.25) is 14.4 Å². The second kappa shape index (κ2) is 8.53. The maximum atomic E-state index is 13.9. The maximum Gasteiger partial charge on any atom is 0.266 e. The number of benzene rings is 4. The summed E-state index contributed by atoms with van der Waals surface area (Å²) in [6, 6.07) is 34.7. The normalized spacial score (nSPS) is 21.5. The number of nitrogens with zero attached hydrogens (tertiary/aromatic N) is 2. The number of anilines is 2. The molecular formula is C30H24N2O3.